The molecule has 0 spiro atoms. The van der Waals surface area contributed by atoms with Crippen LogP contribution in [0.25, 0.3) is 21.8 Å². The summed E-state index contributed by atoms with van der Waals surface area (Å²) >= 11 is 0. The number of H-pyrrole nitrogens is 1. The van der Waals surface area contributed by atoms with Gasteiger partial charge in [0.25, 0.3) is 0 Å². The lowest BCUT2D eigenvalue weighted by Gasteiger charge is -2.08. The number of nitrogens with one attached hydrogen (secondary N) is 1. The Morgan fingerprint density at radius 1 is 1.11 bits per heavy atom. The van der Waals surface area contributed by atoms with Gasteiger partial charge in [-0.25, -0.2) is 0 Å². The summed E-state index contributed by atoms with van der Waals surface area (Å²) in [5, 5.41) is 1.11. The highest BCUT2D eigenvalue weighted by Crippen LogP contribution is 2.28. The zero-order valence-corrected chi connectivity index (χ0v) is 9.86. The van der Waals surface area contributed by atoms with Crippen molar-refractivity contribution >= 4 is 27.5 Å². The van der Waals surface area contributed by atoms with Crippen molar-refractivity contribution in [3.05, 3.63) is 46.6 Å². The van der Waals surface area contributed by atoms with Crippen molar-refractivity contribution in [2.75, 3.05) is 12.8 Å². The minimum Gasteiger partial charge on any atom is -0.495 e. The SMILES string of the molecule is COc1ccc2[nH]c3ccccc3c(=O)c2c1N. The van der Waals surface area contributed by atoms with E-state index < -0.39 is 0 Å². The van der Waals surface area contributed by atoms with E-state index in [0.717, 1.165) is 11.0 Å². The summed E-state index contributed by atoms with van der Waals surface area (Å²) < 4.78 is 5.14. The number of para-hydroxylation sites is 1. The van der Waals surface area contributed by atoms with Crippen LogP contribution in [-0.2, 0) is 0 Å². The Kier molecular flexibility index (Phi) is 2.23. The van der Waals surface area contributed by atoms with Gasteiger partial charge in [0.2, 0.25) is 0 Å². The zero-order chi connectivity index (χ0) is 12.7. The van der Waals surface area contributed by atoms with Crippen molar-refractivity contribution in [3.8, 4) is 5.75 Å². The number of hydrogen-bond donors (Lipinski definition) is 2. The van der Waals surface area contributed by atoms with Gasteiger partial charge in [-0.15, -0.1) is 0 Å². The fourth-order valence-corrected chi connectivity index (χ4v) is 2.20. The lowest BCUT2D eigenvalue weighted by atomic mass is 10.1. The van der Waals surface area contributed by atoms with Crippen molar-refractivity contribution in [3.63, 3.8) is 0 Å². The molecule has 1 aromatic heterocycles. The number of rotatable bonds is 1. The number of hydrogen-bond acceptors (Lipinski definition) is 3. The summed E-state index contributed by atoms with van der Waals surface area (Å²) in [6, 6.07) is 10.9. The summed E-state index contributed by atoms with van der Waals surface area (Å²) in [5.74, 6) is 0.517. The molecule has 3 N–H and O–H groups in total. The second kappa shape index (κ2) is 3.77. The maximum Gasteiger partial charge on any atom is 0.199 e. The summed E-state index contributed by atoms with van der Waals surface area (Å²) in [7, 11) is 1.53. The predicted molar refractivity (Wildman–Crippen MR) is 73.0 cm³/mol. The summed E-state index contributed by atoms with van der Waals surface area (Å²) in [4.78, 5) is 15.6. The van der Waals surface area contributed by atoms with Gasteiger partial charge in [-0.05, 0) is 24.3 Å². The molecule has 0 aliphatic heterocycles. The van der Waals surface area contributed by atoms with E-state index in [2.05, 4.69) is 4.98 Å². The first-order chi connectivity index (χ1) is 8.72. The van der Waals surface area contributed by atoms with Gasteiger partial charge in [-0.1, -0.05) is 12.1 Å². The Bertz CT molecular complexity index is 806. The van der Waals surface area contributed by atoms with E-state index in [1.807, 2.05) is 18.2 Å². The van der Waals surface area contributed by atoms with Gasteiger partial charge >= 0.3 is 0 Å². The summed E-state index contributed by atoms with van der Waals surface area (Å²) in [5.41, 5.74) is 7.80. The minimum atomic E-state index is -0.0734. The molecule has 3 aromatic rings. The molecule has 0 aliphatic rings. The second-order valence-electron chi connectivity index (χ2n) is 4.10. The van der Waals surface area contributed by atoms with E-state index in [1.54, 1.807) is 18.2 Å². The number of methoxy groups -OCH3 is 1. The molecule has 0 saturated carbocycles. The number of nitrogens with two attached hydrogens (primary N) is 1. The van der Waals surface area contributed by atoms with Crippen molar-refractivity contribution in [1.29, 1.82) is 0 Å². The highest BCUT2D eigenvalue weighted by molar-refractivity contribution is 6.00. The van der Waals surface area contributed by atoms with Gasteiger partial charge in [0.15, 0.2) is 5.43 Å². The van der Waals surface area contributed by atoms with Crippen molar-refractivity contribution in [2.45, 2.75) is 0 Å². The molecule has 0 saturated heterocycles. The Labute approximate surface area is 103 Å². The molecule has 0 amide bonds. The van der Waals surface area contributed by atoms with E-state index in [9.17, 15) is 4.79 Å². The molecule has 18 heavy (non-hydrogen) atoms. The van der Waals surface area contributed by atoms with Crippen LogP contribution in [0.1, 0.15) is 0 Å². The summed E-state index contributed by atoms with van der Waals surface area (Å²) in [6.07, 6.45) is 0. The molecule has 0 bridgehead atoms. The average molecular weight is 240 g/mol. The number of fused-ring (bicyclic) bond motifs is 2. The number of pyridine rings is 1. The van der Waals surface area contributed by atoms with Gasteiger partial charge in [-0.3, -0.25) is 4.79 Å². The largest absolute Gasteiger partial charge is 0.495 e. The Morgan fingerprint density at radius 2 is 1.89 bits per heavy atom. The molecule has 0 fully saturated rings. The van der Waals surface area contributed by atoms with Crippen molar-refractivity contribution in [1.82, 2.24) is 4.98 Å². The molecule has 0 radical (unpaired) electrons. The molecule has 1 heterocycles. The third kappa shape index (κ3) is 1.35. The lowest BCUT2D eigenvalue weighted by molar-refractivity contribution is 0.417. The third-order valence-electron chi connectivity index (χ3n) is 3.09. The van der Waals surface area contributed by atoms with Crippen LogP contribution in [-0.4, -0.2) is 12.1 Å². The van der Waals surface area contributed by atoms with Crippen LogP contribution < -0.4 is 15.9 Å². The van der Waals surface area contributed by atoms with Gasteiger partial charge < -0.3 is 15.5 Å². The number of aromatic nitrogens is 1. The van der Waals surface area contributed by atoms with Gasteiger partial charge in [0.05, 0.1) is 23.7 Å². The van der Waals surface area contributed by atoms with Crippen LogP contribution in [0.2, 0.25) is 0 Å². The molecule has 3 rings (SSSR count). The molecular weight excluding hydrogens is 228 g/mol. The van der Waals surface area contributed by atoms with E-state index >= 15 is 0 Å². The van der Waals surface area contributed by atoms with Crippen LogP contribution in [0.4, 0.5) is 5.69 Å². The first-order valence-corrected chi connectivity index (χ1v) is 5.59. The molecule has 2 aromatic carbocycles. The predicted octanol–water partition coefficient (Wildman–Crippen LogP) is 2.27. The third-order valence-corrected chi connectivity index (χ3v) is 3.09. The van der Waals surface area contributed by atoms with Crippen LogP contribution in [0.3, 0.4) is 0 Å². The zero-order valence-electron chi connectivity index (χ0n) is 9.86. The number of benzene rings is 2. The fraction of sp³-hybridized carbons (Fsp3) is 0.0714. The minimum absolute atomic E-state index is 0.0734. The van der Waals surface area contributed by atoms with Crippen molar-refractivity contribution < 1.29 is 4.74 Å². The fourth-order valence-electron chi connectivity index (χ4n) is 2.20. The molecular formula is C14H12N2O2. The number of nitrogen functional groups attached to an aromatic ring is 1. The molecule has 90 valence electrons. The quantitative estimate of drug-likeness (QED) is 0.506. The van der Waals surface area contributed by atoms with Gasteiger partial charge in [0, 0.05) is 10.9 Å². The maximum absolute atomic E-state index is 12.4. The highest BCUT2D eigenvalue weighted by Gasteiger charge is 2.11. The standard InChI is InChI=1S/C14H12N2O2/c1-18-11-7-6-10-12(13(11)15)14(17)8-4-2-3-5-9(8)16-10/h2-7H,15H2,1H3,(H,16,17). The number of anilines is 1. The van der Waals surface area contributed by atoms with Crippen molar-refractivity contribution in [2.24, 2.45) is 0 Å². The number of aromatic amines is 1. The summed E-state index contributed by atoms with van der Waals surface area (Å²) in [6.45, 7) is 0. The van der Waals surface area contributed by atoms with Crippen LogP contribution in [0, 0.1) is 0 Å². The first kappa shape index (κ1) is 10.7. The average Bonchev–Trinajstić information content (AvgIpc) is 2.39. The molecule has 4 heteroatoms. The monoisotopic (exact) mass is 240 g/mol. The van der Waals surface area contributed by atoms with Gasteiger partial charge in [0.1, 0.15) is 5.75 Å². The van der Waals surface area contributed by atoms with Crippen LogP contribution in [0.5, 0.6) is 5.75 Å². The molecule has 0 unspecified atom stereocenters. The molecule has 0 aliphatic carbocycles. The van der Waals surface area contributed by atoms with E-state index in [0.29, 0.717) is 22.2 Å². The Hall–Kier alpha value is -2.49. The first-order valence-electron chi connectivity index (χ1n) is 5.59. The second-order valence-corrected chi connectivity index (χ2v) is 4.10. The normalized spacial score (nSPS) is 10.9. The Balaban J connectivity index is 2.57. The Morgan fingerprint density at radius 3 is 2.67 bits per heavy atom. The number of ether oxygens (including phenoxy) is 1. The smallest absolute Gasteiger partial charge is 0.199 e. The van der Waals surface area contributed by atoms with E-state index in [-0.39, 0.29) is 5.43 Å². The highest BCUT2D eigenvalue weighted by atomic mass is 16.5. The van der Waals surface area contributed by atoms with E-state index in [1.165, 1.54) is 7.11 Å². The van der Waals surface area contributed by atoms with Gasteiger partial charge in [-0.2, -0.15) is 0 Å². The lowest BCUT2D eigenvalue weighted by Crippen LogP contribution is -2.07. The van der Waals surface area contributed by atoms with Crippen LogP contribution in [0.15, 0.2) is 41.2 Å². The van der Waals surface area contributed by atoms with E-state index in [4.69, 9.17) is 10.5 Å². The molecule has 0 atom stereocenters. The maximum atomic E-state index is 12.4. The molecule has 4 nitrogen and oxygen atoms in total. The topological polar surface area (TPSA) is 68.1 Å². The van der Waals surface area contributed by atoms with Crippen LogP contribution >= 0.6 is 0 Å².